The van der Waals surface area contributed by atoms with Crippen LogP contribution in [-0.4, -0.2) is 15.9 Å². The quantitative estimate of drug-likeness (QED) is 0.677. The van der Waals surface area contributed by atoms with Crippen LogP contribution in [0.4, 0.5) is 5.69 Å². The molecule has 2 N–H and O–H groups in total. The molecule has 3 aromatic rings. The highest BCUT2D eigenvalue weighted by atomic mass is 35.5. The molecule has 122 valence electrons. The lowest BCUT2D eigenvalue weighted by atomic mass is 10.1. The largest absolute Gasteiger partial charge is 0.341 e. The second kappa shape index (κ2) is 5.50. The second-order valence-electron chi connectivity index (χ2n) is 6.46. The molecule has 4 nitrogen and oxygen atoms in total. The average Bonchev–Trinajstić information content (AvgIpc) is 3.15. The number of halogens is 2. The molecule has 1 fully saturated rings. The van der Waals surface area contributed by atoms with Gasteiger partial charge in [0.15, 0.2) is 0 Å². The van der Waals surface area contributed by atoms with Gasteiger partial charge in [-0.25, -0.2) is 4.98 Å². The van der Waals surface area contributed by atoms with Crippen LogP contribution in [0.3, 0.4) is 0 Å². The SMILES string of the molecule is CC1(c2nc3ccc(NC(=O)c4cc(Cl)ccc4Cl)cc3[nH]2)CC1. The molecule has 6 heteroatoms. The number of aromatic nitrogens is 2. The predicted molar refractivity (Wildman–Crippen MR) is 97.1 cm³/mol. The van der Waals surface area contributed by atoms with Gasteiger partial charge in [0.05, 0.1) is 21.6 Å². The zero-order valence-corrected chi connectivity index (χ0v) is 14.5. The molecule has 1 saturated carbocycles. The molecule has 1 amide bonds. The Balaban J connectivity index is 1.62. The number of hydrogen-bond donors (Lipinski definition) is 2. The first kappa shape index (κ1) is 15.5. The first-order chi connectivity index (χ1) is 11.4. The minimum absolute atomic E-state index is 0.177. The summed E-state index contributed by atoms with van der Waals surface area (Å²) in [6.07, 6.45) is 2.31. The van der Waals surface area contributed by atoms with Crippen LogP contribution in [-0.2, 0) is 5.41 Å². The van der Waals surface area contributed by atoms with E-state index in [1.54, 1.807) is 18.2 Å². The Morgan fingerprint density at radius 1 is 1.21 bits per heavy atom. The van der Waals surface area contributed by atoms with Crippen molar-refractivity contribution in [3.63, 3.8) is 0 Å². The van der Waals surface area contributed by atoms with Gasteiger partial charge in [0, 0.05) is 16.1 Å². The van der Waals surface area contributed by atoms with Gasteiger partial charge in [0.1, 0.15) is 5.82 Å². The second-order valence-corrected chi connectivity index (χ2v) is 7.30. The third kappa shape index (κ3) is 2.76. The Morgan fingerprint density at radius 3 is 2.75 bits per heavy atom. The molecule has 1 aromatic heterocycles. The maximum Gasteiger partial charge on any atom is 0.257 e. The van der Waals surface area contributed by atoms with E-state index in [-0.39, 0.29) is 11.3 Å². The smallest absolute Gasteiger partial charge is 0.257 e. The molecule has 1 aliphatic rings. The van der Waals surface area contributed by atoms with Crippen molar-refractivity contribution in [1.29, 1.82) is 0 Å². The van der Waals surface area contributed by atoms with Gasteiger partial charge in [0.25, 0.3) is 5.91 Å². The fraction of sp³-hybridized carbons (Fsp3) is 0.222. The van der Waals surface area contributed by atoms with Gasteiger partial charge < -0.3 is 10.3 Å². The number of carbonyl (C=O) groups excluding carboxylic acids is 1. The van der Waals surface area contributed by atoms with Crippen molar-refractivity contribution in [2.45, 2.75) is 25.2 Å². The van der Waals surface area contributed by atoms with Gasteiger partial charge in [-0.2, -0.15) is 0 Å². The van der Waals surface area contributed by atoms with Gasteiger partial charge in [-0.3, -0.25) is 4.79 Å². The fourth-order valence-corrected chi connectivity index (χ4v) is 3.04. The first-order valence-electron chi connectivity index (χ1n) is 7.71. The van der Waals surface area contributed by atoms with Crippen molar-refractivity contribution in [2.75, 3.05) is 5.32 Å². The number of anilines is 1. The van der Waals surface area contributed by atoms with Crippen molar-refractivity contribution in [2.24, 2.45) is 0 Å². The van der Waals surface area contributed by atoms with Gasteiger partial charge in [-0.1, -0.05) is 30.1 Å². The van der Waals surface area contributed by atoms with Gasteiger partial charge >= 0.3 is 0 Å². The third-order valence-corrected chi connectivity index (χ3v) is 5.05. The molecular weight excluding hydrogens is 345 g/mol. The summed E-state index contributed by atoms with van der Waals surface area (Å²) in [5.74, 6) is 0.717. The topological polar surface area (TPSA) is 57.8 Å². The molecule has 1 aliphatic carbocycles. The maximum absolute atomic E-state index is 12.4. The van der Waals surface area contributed by atoms with Crippen molar-refractivity contribution >= 4 is 45.8 Å². The summed E-state index contributed by atoms with van der Waals surface area (Å²) >= 11 is 12.0. The minimum atomic E-state index is -0.296. The summed E-state index contributed by atoms with van der Waals surface area (Å²) in [6, 6.07) is 10.4. The standard InChI is InChI=1S/C18H15Cl2N3O/c1-18(6-7-18)17-22-14-5-3-11(9-15(14)23-17)21-16(24)12-8-10(19)2-4-13(12)20/h2-5,8-9H,6-7H2,1H3,(H,21,24)(H,22,23). The zero-order valence-electron chi connectivity index (χ0n) is 13.0. The maximum atomic E-state index is 12.4. The lowest BCUT2D eigenvalue weighted by Crippen LogP contribution is -2.12. The van der Waals surface area contributed by atoms with Crippen molar-refractivity contribution in [3.8, 4) is 0 Å². The van der Waals surface area contributed by atoms with E-state index in [4.69, 9.17) is 23.2 Å². The number of aromatic amines is 1. The summed E-state index contributed by atoms with van der Waals surface area (Å²) in [5.41, 5.74) is 3.02. The number of imidazole rings is 1. The molecule has 1 heterocycles. The Morgan fingerprint density at radius 2 is 2.00 bits per heavy atom. The predicted octanol–water partition coefficient (Wildman–Crippen LogP) is 5.17. The summed E-state index contributed by atoms with van der Waals surface area (Å²) < 4.78 is 0. The molecular formula is C18H15Cl2N3O. The number of rotatable bonds is 3. The Kier molecular flexibility index (Phi) is 3.55. The van der Waals surface area contributed by atoms with Gasteiger partial charge in [0.2, 0.25) is 0 Å². The molecule has 0 spiro atoms. The van der Waals surface area contributed by atoms with Crippen molar-refractivity contribution < 1.29 is 4.79 Å². The highest BCUT2D eigenvalue weighted by Gasteiger charge is 2.41. The monoisotopic (exact) mass is 359 g/mol. The van der Waals surface area contributed by atoms with Crippen LogP contribution >= 0.6 is 23.2 Å². The Labute approximate surface area is 149 Å². The number of amides is 1. The molecule has 2 aromatic carbocycles. The van der Waals surface area contributed by atoms with Crippen LogP contribution in [0.15, 0.2) is 36.4 Å². The highest BCUT2D eigenvalue weighted by Crippen LogP contribution is 2.46. The number of H-pyrrole nitrogens is 1. The highest BCUT2D eigenvalue weighted by molar-refractivity contribution is 6.36. The van der Waals surface area contributed by atoms with Crippen LogP contribution in [0, 0.1) is 0 Å². The van der Waals surface area contributed by atoms with Crippen molar-refractivity contribution in [1.82, 2.24) is 9.97 Å². The average molecular weight is 360 g/mol. The van der Waals surface area contributed by atoms with Crippen LogP contribution in [0.5, 0.6) is 0 Å². The summed E-state index contributed by atoms with van der Waals surface area (Å²) in [7, 11) is 0. The molecule has 0 atom stereocenters. The van der Waals surface area contributed by atoms with Crippen LogP contribution in [0.2, 0.25) is 10.0 Å². The lowest BCUT2D eigenvalue weighted by molar-refractivity contribution is 0.102. The number of hydrogen-bond acceptors (Lipinski definition) is 2. The van der Waals surface area contributed by atoms with E-state index in [2.05, 4.69) is 22.2 Å². The van der Waals surface area contributed by atoms with E-state index in [1.807, 2.05) is 18.2 Å². The van der Waals surface area contributed by atoms with E-state index >= 15 is 0 Å². The van der Waals surface area contributed by atoms with E-state index in [9.17, 15) is 4.79 Å². The summed E-state index contributed by atoms with van der Waals surface area (Å²) in [5, 5.41) is 3.68. The molecule has 0 unspecified atom stereocenters. The Hall–Kier alpha value is -2.04. The minimum Gasteiger partial charge on any atom is -0.341 e. The van der Waals surface area contributed by atoms with E-state index in [0.717, 1.165) is 29.7 Å². The summed E-state index contributed by atoms with van der Waals surface area (Å²) in [6.45, 7) is 2.20. The Bertz CT molecular complexity index is 960. The number of fused-ring (bicyclic) bond motifs is 1. The summed E-state index contributed by atoms with van der Waals surface area (Å²) in [4.78, 5) is 20.4. The number of benzene rings is 2. The molecule has 4 rings (SSSR count). The van der Waals surface area contributed by atoms with Crippen LogP contribution < -0.4 is 5.32 Å². The number of nitrogens with one attached hydrogen (secondary N) is 2. The lowest BCUT2D eigenvalue weighted by Gasteiger charge is -2.07. The van der Waals surface area contributed by atoms with Gasteiger partial charge in [-0.05, 0) is 49.2 Å². The normalized spacial score (nSPS) is 15.5. The zero-order chi connectivity index (χ0) is 16.9. The molecule has 0 saturated heterocycles. The molecule has 0 bridgehead atoms. The number of carbonyl (C=O) groups is 1. The third-order valence-electron chi connectivity index (χ3n) is 4.48. The van der Waals surface area contributed by atoms with Gasteiger partial charge in [-0.15, -0.1) is 0 Å². The molecule has 24 heavy (non-hydrogen) atoms. The fourth-order valence-electron chi connectivity index (χ4n) is 2.67. The van der Waals surface area contributed by atoms with Crippen LogP contribution in [0.1, 0.15) is 35.9 Å². The molecule has 0 radical (unpaired) electrons. The number of nitrogens with zero attached hydrogens (tertiary/aromatic N) is 1. The first-order valence-corrected chi connectivity index (χ1v) is 8.47. The van der Waals surface area contributed by atoms with Crippen LogP contribution in [0.25, 0.3) is 11.0 Å². The van der Waals surface area contributed by atoms with E-state index in [1.165, 1.54) is 0 Å². The molecule has 0 aliphatic heterocycles. The van der Waals surface area contributed by atoms with E-state index in [0.29, 0.717) is 21.3 Å². The van der Waals surface area contributed by atoms with E-state index < -0.39 is 0 Å². The van der Waals surface area contributed by atoms with Crippen molar-refractivity contribution in [3.05, 3.63) is 57.8 Å².